The van der Waals surface area contributed by atoms with E-state index in [-0.39, 0.29) is 12.0 Å². The second-order valence-corrected chi connectivity index (χ2v) is 8.96. The summed E-state index contributed by atoms with van der Waals surface area (Å²) in [4.78, 5) is 13.9. The van der Waals surface area contributed by atoms with E-state index in [1.807, 2.05) is 12.4 Å². The van der Waals surface area contributed by atoms with Crippen molar-refractivity contribution in [2.75, 3.05) is 6.61 Å². The molecule has 0 saturated heterocycles. The zero-order valence-corrected chi connectivity index (χ0v) is 17.5. The molecule has 0 fully saturated rings. The molecule has 142 valence electrons. The number of nitrogens with zero attached hydrogens (tertiary/aromatic N) is 3. The molecule has 0 atom stereocenters. The van der Waals surface area contributed by atoms with E-state index in [0.717, 1.165) is 28.5 Å². The normalized spacial score (nSPS) is 11.8. The van der Waals surface area contributed by atoms with E-state index in [9.17, 15) is 5.11 Å². The maximum Gasteiger partial charge on any atom is 0.108 e. The first-order valence-corrected chi connectivity index (χ1v) is 10.1. The van der Waals surface area contributed by atoms with Gasteiger partial charge in [-0.15, -0.1) is 11.3 Å². The highest BCUT2D eigenvalue weighted by Gasteiger charge is 2.16. The smallest absolute Gasteiger partial charge is 0.108 e. The van der Waals surface area contributed by atoms with Gasteiger partial charge in [-0.3, -0.25) is 9.97 Å². The van der Waals surface area contributed by atoms with Gasteiger partial charge in [0.15, 0.2) is 0 Å². The summed E-state index contributed by atoms with van der Waals surface area (Å²) in [6.45, 7) is 10.8. The maximum atomic E-state index is 9.19. The minimum absolute atomic E-state index is 0.00363. The molecule has 0 aliphatic heterocycles. The van der Waals surface area contributed by atoms with E-state index in [1.54, 1.807) is 11.3 Å². The summed E-state index contributed by atoms with van der Waals surface area (Å²) in [5, 5.41) is 12.3. The monoisotopic (exact) mass is 381 g/mol. The first-order valence-electron chi connectivity index (χ1n) is 9.25. The van der Waals surface area contributed by atoms with Crippen LogP contribution in [0.1, 0.15) is 53.7 Å². The summed E-state index contributed by atoms with van der Waals surface area (Å²) in [6.07, 6.45) is 5.18. The summed E-state index contributed by atoms with van der Waals surface area (Å²) < 4.78 is 0. The van der Waals surface area contributed by atoms with Crippen LogP contribution in [0.25, 0.3) is 11.4 Å². The molecule has 0 unspecified atom stereocenters. The molecule has 1 N–H and O–H groups in total. The van der Waals surface area contributed by atoms with Crippen molar-refractivity contribution in [2.45, 2.75) is 52.9 Å². The molecule has 2 aromatic heterocycles. The van der Waals surface area contributed by atoms with Crippen LogP contribution in [-0.2, 0) is 18.3 Å². The van der Waals surface area contributed by atoms with E-state index in [1.165, 1.54) is 22.3 Å². The Morgan fingerprint density at radius 3 is 2.30 bits per heavy atom. The fourth-order valence-corrected chi connectivity index (χ4v) is 3.85. The summed E-state index contributed by atoms with van der Waals surface area (Å²) in [6, 6.07) is 4.41. The van der Waals surface area contributed by atoms with Crippen molar-refractivity contribution in [1.29, 1.82) is 0 Å². The van der Waals surface area contributed by atoms with Crippen LogP contribution in [-0.4, -0.2) is 26.7 Å². The average Bonchev–Trinajstić information content (AvgIpc) is 3.07. The first kappa shape index (κ1) is 19.6. The zero-order chi connectivity index (χ0) is 19.6. The molecule has 0 amide bonds. The summed E-state index contributed by atoms with van der Waals surface area (Å²) in [5.41, 5.74) is 7.65. The summed E-state index contributed by atoms with van der Waals surface area (Å²) in [5.74, 6) is 0. The van der Waals surface area contributed by atoms with Gasteiger partial charge in [-0.1, -0.05) is 32.9 Å². The number of hydrogen-bond donors (Lipinski definition) is 1. The van der Waals surface area contributed by atoms with Crippen LogP contribution in [0.15, 0.2) is 29.9 Å². The van der Waals surface area contributed by atoms with E-state index in [0.29, 0.717) is 6.42 Å². The maximum absolute atomic E-state index is 9.19. The fraction of sp³-hybridized carbons (Fsp3) is 0.409. The standard InChI is InChI=1S/C22H27N3OS/c1-14-9-17(15(2)8-16(14)6-7-26)10-21-25-19(13-27-21)18-11-24-20(12-23-18)22(3,4)5/h8-9,11-13,26H,6-7,10H2,1-5H3. The van der Waals surface area contributed by atoms with E-state index < -0.39 is 0 Å². The number of aromatic nitrogens is 3. The number of benzene rings is 1. The number of aliphatic hydroxyl groups excluding tert-OH is 1. The predicted octanol–water partition coefficient (Wildman–Crippen LogP) is 4.64. The molecule has 5 heteroatoms. The van der Waals surface area contributed by atoms with Crippen molar-refractivity contribution in [1.82, 2.24) is 15.0 Å². The van der Waals surface area contributed by atoms with Gasteiger partial charge < -0.3 is 5.11 Å². The van der Waals surface area contributed by atoms with Crippen LogP contribution in [0.3, 0.4) is 0 Å². The zero-order valence-electron chi connectivity index (χ0n) is 16.7. The molecule has 3 rings (SSSR count). The average molecular weight is 382 g/mol. The van der Waals surface area contributed by atoms with Gasteiger partial charge >= 0.3 is 0 Å². The van der Waals surface area contributed by atoms with Crippen molar-refractivity contribution in [3.63, 3.8) is 0 Å². The van der Waals surface area contributed by atoms with Crippen molar-refractivity contribution >= 4 is 11.3 Å². The molecule has 0 bridgehead atoms. The summed E-state index contributed by atoms with van der Waals surface area (Å²) in [7, 11) is 0. The van der Waals surface area contributed by atoms with Crippen LogP contribution < -0.4 is 0 Å². The first-order chi connectivity index (χ1) is 12.8. The molecular weight excluding hydrogens is 354 g/mol. The number of aryl methyl sites for hydroxylation is 2. The van der Waals surface area contributed by atoms with Gasteiger partial charge in [0, 0.05) is 30.0 Å². The minimum atomic E-state index is -0.00363. The molecule has 0 spiro atoms. The molecular formula is C22H27N3OS. The van der Waals surface area contributed by atoms with E-state index in [2.05, 4.69) is 62.1 Å². The quantitative estimate of drug-likeness (QED) is 0.699. The van der Waals surface area contributed by atoms with Gasteiger partial charge in [-0.2, -0.15) is 0 Å². The largest absolute Gasteiger partial charge is 0.396 e. The SMILES string of the molecule is Cc1cc(Cc2nc(-c3cnc(C(C)(C)C)cn3)cs2)c(C)cc1CCO. The molecule has 27 heavy (non-hydrogen) atoms. The molecule has 0 radical (unpaired) electrons. The van der Waals surface area contributed by atoms with Gasteiger partial charge in [0.25, 0.3) is 0 Å². The highest BCUT2D eigenvalue weighted by atomic mass is 32.1. The molecule has 0 aliphatic carbocycles. The lowest BCUT2D eigenvalue weighted by Gasteiger charge is -2.16. The Hall–Kier alpha value is -2.11. The molecule has 1 aromatic carbocycles. The fourth-order valence-electron chi connectivity index (χ4n) is 3.04. The second kappa shape index (κ2) is 7.87. The van der Waals surface area contributed by atoms with Crippen molar-refractivity contribution in [2.24, 2.45) is 0 Å². The van der Waals surface area contributed by atoms with Gasteiger partial charge in [0.05, 0.1) is 16.9 Å². The van der Waals surface area contributed by atoms with Gasteiger partial charge in [0.1, 0.15) is 11.4 Å². The van der Waals surface area contributed by atoms with Crippen molar-refractivity contribution in [3.8, 4) is 11.4 Å². The van der Waals surface area contributed by atoms with E-state index >= 15 is 0 Å². The number of rotatable bonds is 5. The highest BCUT2D eigenvalue weighted by molar-refractivity contribution is 7.10. The van der Waals surface area contributed by atoms with Crippen LogP contribution >= 0.6 is 11.3 Å². The van der Waals surface area contributed by atoms with Crippen LogP contribution in [0.2, 0.25) is 0 Å². The van der Waals surface area contributed by atoms with E-state index in [4.69, 9.17) is 4.98 Å². The van der Waals surface area contributed by atoms with Crippen molar-refractivity contribution < 1.29 is 5.11 Å². The topological polar surface area (TPSA) is 58.9 Å². The Kier molecular flexibility index (Phi) is 5.72. The Balaban J connectivity index is 1.79. The molecule has 2 heterocycles. The third-order valence-corrected chi connectivity index (χ3v) is 5.60. The number of aliphatic hydroxyl groups is 1. The second-order valence-electron chi connectivity index (χ2n) is 8.02. The van der Waals surface area contributed by atoms with Crippen LogP contribution in [0.5, 0.6) is 0 Å². The molecule has 4 nitrogen and oxygen atoms in total. The lowest BCUT2D eigenvalue weighted by Crippen LogP contribution is -2.13. The lowest BCUT2D eigenvalue weighted by atomic mass is 9.93. The third-order valence-electron chi connectivity index (χ3n) is 4.75. The van der Waals surface area contributed by atoms with Gasteiger partial charge in [0.2, 0.25) is 0 Å². The Bertz CT molecular complexity index is 924. The Morgan fingerprint density at radius 2 is 1.67 bits per heavy atom. The summed E-state index contributed by atoms with van der Waals surface area (Å²) >= 11 is 1.66. The van der Waals surface area contributed by atoms with Crippen molar-refractivity contribution in [3.05, 3.63) is 62.9 Å². The molecule has 0 aliphatic rings. The third kappa shape index (κ3) is 4.60. The minimum Gasteiger partial charge on any atom is -0.396 e. The van der Waals surface area contributed by atoms with Crippen LogP contribution in [0.4, 0.5) is 0 Å². The van der Waals surface area contributed by atoms with Gasteiger partial charge in [-0.05, 0) is 42.5 Å². The highest BCUT2D eigenvalue weighted by Crippen LogP contribution is 2.26. The molecule has 0 saturated carbocycles. The number of hydrogen-bond acceptors (Lipinski definition) is 5. The number of thiazole rings is 1. The Morgan fingerprint density at radius 1 is 0.963 bits per heavy atom. The predicted molar refractivity (Wildman–Crippen MR) is 111 cm³/mol. The van der Waals surface area contributed by atoms with Crippen LogP contribution in [0, 0.1) is 13.8 Å². The lowest BCUT2D eigenvalue weighted by molar-refractivity contribution is 0.299. The molecule has 3 aromatic rings. The Labute approximate surface area is 165 Å². The van der Waals surface area contributed by atoms with Gasteiger partial charge in [-0.25, -0.2) is 4.98 Å².